The van der Waals surface area contributed by atoms with E-state index in [2.05, 4.69) is 135 Å². The van der Waals surface area contributed by atoms with Crippen molar-refractivity contribution in [2.75, 3.05) is 13.2 Å². The minimum atomic E-state index is -0.531. The third-order valence-electron chi connectivity index (χ3n) is 9.15. The smallest absolute Gasteiger partial charge is 0.196 e. The van der Waals surface area contributed by atoms with Crippen molar-refractivity contribution in [1.82, 2.24) is 0 Å². The zero-order chi connectivity index (χ0) is 34.4. The number of carbonyl (C=O) groups is 1. The molecule has 1 radical (unpaired) electrons. The summed E-state index contributed by atoms with van der Waals surface area (Å²) in [4.78, 5) is 11.9. The van der Waals surface area contributed by atoms with Crippen LogP contribution >= 0.6 is 31.9 Å². The first kappa shape index (κ1) is 37.9. The Morgan fingerprint density at radius 3 is 2.06 bits per heavy atom. The molecule has 0 bridgehead atoms. The number of piperidine rings is 1. The normalized spacial score (nSPS) is 15.8. The molecule has 2 aliphatic rings. The van der Waals surface area contributed by atoms with Gasteiger partial charge in [0, 0.05) is 35.1 Å². The van der Waals surface area contributed by atoms with Gasteiger partial charge in [0.2, 0.25) is 0 Å². The summed E-state index contributed by atoms with van der Waals surface area (Å²) in [6, 6.07) is 41.7. The monoisotopic (exact) mass is 968 g/mol. The number of hydrogen-bond acceptors (Lipinski definition) is 3. The summed E-state index contributed by atoms with van der Waals surface area (Å²) in [6.45, 7) is 4.50. The summed E-state index contributed by atoms with van der Waals surface area (Å²) in [5.41, 5.74) is 9.09. The number of aryl methyl sites for hydroxylation is 1. The van der Waals surface area contributed by atoms with Crippen LogP contribution in [0, 0.1) is 13.0 Å². The molecule has 1 fully saturated rings. The van der Waals surface area contributed by atoms with E-state index in [9.17, 15) is 9.90 Å². The van der Waals surface area contributed by atoms with Crippen LogP contribution in [-0.4, -0.2) is 30.1 Å². The molecular formula is C43H39Br2IrNO3-2. The number of aliphatic hydroxyl groups excluding tert-OH is 1. The second kappa shape index (κ2) is 17.3. The maximum absolute atomic E-state index is 11.9. The van der Waals surface area contributed by atoms with Crippen LogP contribution in [0.25, 0.3) is 16.4 Å². The third kappa shape index (κ3) is 8.58. The largest absolute Gasteiger partial charge is 0.659 e. The van der Waals surface area contributed by atoms with Crippen molar-refractivity contribution in [3.63, 3.8) is 0 Å². The SMILES string of the molecule is C/C(O)=C/C(=O)COc1ccc(C2(c3ccc(C)cc3)c3cc(Br)ccc3-c3ccc(Br)cc32)cc1.[Ir].[c-]1ccccc1CC1CCCC[N-]1. The number of ketones is 1. The average molecular weight is 970 g/mol. The summed E-state index contributed by atoms with van der Waals surface area (Å²) in [5.74, 6) is 0.274. The van der Waals surface area contributed by atoms with E-state index >= 15 is 0 Å². The molecule has 1 heterocycles. The molecule has 7 heteroatoms. The number of hydrogen-bond donors (Lipinski definition) is 1. The maximum Gasteiger partial charge on any atom is 0.196 e. The fourth-order valence-electron chi connectivity index (χ4n) is 6.93. The van der Waals surface area contributed by atoms with Gasteiger partial charge in [0.1, 0.15) is 5.75 Å². The van der Waals surface area contributed by atoms with Crippen molar-refractivity contribution < 1.29 is 34.7 Å². The molecular weight excluding hydrogens is 931 g/mol. The van der Waals surface area contributed by atoms with Gasteiger partial charge < -0.3 is 15.2 Å². The van der Waals surface area contributed by atoms with E-state index in [4.69, 9.17) is 4.74 Å². The summed E-state index contributed by atoms with van der Waals surface area (Å²) in [6.07, 6.45) is 6.16. The van der Waals surface area contributed by atoms with E-state index in [0.29, 0.717) is 11.8 Å². The number of fused-ring (bicyclic) bond motifs is 3. The zero-order valence-corrected chi connectivity index (χ0v) is 33.7. The molecule has 4 nitrogen and oxygen atoms in total. The van der Waals surface area contributed by atoms with Crippen molar-refractivity contribution in [2.45, 2.75) is 51.0 Å². The summed E-state index contributed by atoms with van der Waals surface area (Å²) >= 11 is 7.42. The summed E-state index contributed by atoms with van der Waals surface area (Å²) in [5, 5.41) is 13.9. The fourth-order valence-corrected chi connectivity index (χ4v) is 7.65. The molecule has 259 valence electrons. The van der Waals surface area contributed by atoms with Gasteiger partial charge in [0.25, 0.3) is 0 Å². The van der Waals surface area contributed by atoms with Crippen LogP contribution < -0.4 is 4.74 Å². The van der Waals surface area contributed by atoms with E-state index < -0.39 is 5.41 Å². The Kier molecular flexibility index (Phi) is 13.1. The Morgan fingerprint density at radius 1 is 0.900 bits per heavy atom. The maximum atomic E-state index is 11.9. The van der Waals surface area contributed by atoms with Gasteiger partial charge in [-0.3, -0.25) is 4.79 Å². The Hall–Kier alpha value is -3.32. The predicted octanol–water partition coefficient (Wildman–Crippen LogP) is 11.2. The number of ether oxygens (including phenoxy) is 1. The zero-order valence-electron chi connectivity index (χ0n) is 28.1. The fraction of sp³-hybridized carbons (Fsp3) is 0.233. The first-order valence-electron chi connectivity index (χ1n) is 16.7. The number of carbonyl (C=O) groups excluding carboxylic acids is 1. The van der Waals surface area contributed by atoms with Gasteiger partial charge in [-0.25, -0.2) is 0 Å². The number of halogens is 2. The van der Waals surface area contributed by atoms with Crippen LogP contribution in [0.5, 0.6) is 5.75 Å². The molecule has 1 aliphatic carbocycles. The first-order valence-corrected chi connectivity index (χ1v) is 18.3. The molecule has 1 saturated heterocycles. The minimum absolute atomic E-state index is 0. The van der Waals surface area contributed by atoms with E-state index in [0.717, 1.165) is 27.5 Å². The van der Waals surface area contributed by atoms with Gasteiger partial charge in [-0.05, 0) is 83.6 Å². The van der Waals surface area contributed by atoms with E-state index in [1.807, 2.05) is 24.3 Å². The number of benzene rings is 5. The van der Waals surface area contributed by atoms with Crippen LogP contribution in [-0.2, 0) is 36.7 Å². The second-order valence-electron chi connectivity index (χ2n) is 12.7. The second-order valence-corrected chi connectivity index (χ2v) is 14.5. The quantitative estimate of drug-likeness (QED) is 0.0939. The van der Waals surface area contributed by atoms with Gasteiger partial charge in [-0.2, -0.15) is 35.9 Å². The van der Waals surface area contributed by atoms with Gasteiger partial charge >= 0.3 is 0 Å². The standard InChI is InChI=1S/C31H24Br2O3.C12H15N.Ir/c1-19-3-5-21(6-4-19)31(22-7-11-26(12-8-22)36-18-25(35)15-20(2)34)29-16-23(32)9-13-27(29)28-14-10-24(33)17-30(28)31;1-2-6-11(7-3-1)10-12-8-4-5-9-13-12;/h3-17,34H,18H2,1-2H3;1-3,6,12H,4-5,8-10H2;/q;-2;/b20-15-;;. The summed E-state index contributed by atoms with van der Waals surface area (Å²) < 4.78 is 7.74. The van der Waals surface area contributed by atoms with Crippen LogP contribution in [0.15, 0.2) is 130 Å². The minimum Gasteiger partial charge on any atom is -0.659 e. The molecule has 0 spiro atoms. The predicted molar refractivity (Wildman–Crippen MR) is 206 cm³/mol. The molecule has 1 aliphatic heterocycles. The average Bonchev–Trinajstić information content (AvgIpc) is 3.38. The van der Waals surface area contributed by atoms with E-state index in [-0.39, 0.29) is 38.3 Å². The first-order chi connectivity index (χ1) is 23.7. The van der Waals surface area contributed by atoms with Crippen LogP contribution in [0.3, 0.4) is 0 Å². The molecule has 50 heavy (non-hydrogen) atoms. The van der Waals surface area contributed by atoms with Crippen molar-refractivity contribution >= 4 is 37.6 Å². The van der Waals surface area contributed by atoms with Gasteiger partial charge in [0.05, 0.1) is 11.2 Å². The van der Waals surface area contributed by atoms with Gasteiger partial charge in [-0.1, -0.05) is 112 Å². The van der Waals surface area contributed by atoms with E-state index in [1.54, 1.807) is 0 Å². The number of aliphatic hydroxyl groups is 1. The summed E-state index contributed by atoms with van der Waals surface area (Å²) in [7, 11) is 0. The van der Waals surface area contributed by atoms with E-state index in [1.165, 1.54) is 71.2 Å². The van der Waals surface area contributed by atoms with Gasteiger partial charge in [-0.15, -0.1) is 12.6 Å². The molecule has 1 N–H and O–H groups in total. The molecule has 7 rings (SSSR count). The third-order valence-corrected chi connectivity index (χ3v) is 10.1. The Bertz CT molecular complexity index is 1880. The Labute approximate surface area is 326 Å². The molecule has 5 aromatic carbocycles. The topological polar surface area (TPSA) is 60.6 Å². The molecule has 0 amide bonds. The molecule has 0 aromatic heterocycles. The number of rotatable bonds is 8. The van der Waals surface area contributed by atoms with Crippen molar-refractivity contribution in [3.8, 4) is 16.9 Å². The molecule has 5 aromatic rings. The van der Waals surface area contributed by atoms with Crippen molar-refractivity contribution in [1.29, 1.82) is 0 Å². The van der Waals surface area contributed by atoms with Crippen LogP contribution in [0.4, 0.5) is 0 Å². The Balaban J connectivity index is 0.000000291. The molecule has 1 unspecified atom stereocenters. The molecule has 0 saturated carbocycles. The number of nitrogens with zero attached hydrogens (tertiary/aromatic N) is 1. The Morgan fingerprint density at radius 2 is 1.52 bits per heavy atom. The van der Waals surface area contributed by atoms with Gasteiger partial charge in [0.15, 0.2) is 12.4 Å². The van der Waals surface area contributed by atoms with Crippen LogP contribution in [0.2, 0.25) is 0 Å². The number of allylic oxidation sites excluding steroid dienone is 1. The molecule has 1 atom stereocenters. The van der Waals surface area contributed by atoms with Crippen LogP contribution in [0.1, 0.15) is 59.6 Å². The van der Waals surface area contributed by atoms with Crippen molar-refractivity contribution in [2.24, 2.45) is 0 Å². The van der Waals surface area contributed by atoms with Crippen molar-refractivity contribution in [3.05, 3.63) is 175 Å².